The van der Waals surface area contributed by atoms with Gasteiger partial charge in [0.1, 0.15) is 17.3 Å². The van der Waals surface area contributed by atoms with Crippen molar-refractivity contribution in [2.45, 2.75) is 6.92 Å². The summed E-state index contributed by atoms with van der Waals surface area (Å²) in [6, 6.07) is 16.2. The number of rotatable bonds is 6. The van der Waals surface area contributed by atoms with Crippen LogP contribution in [0.15, 0.2) is 60.9 Å². The van der Waals surface area contributed by atoms with Crippen molar-refractivity contribution in [2.75, 3.05) is 17.2 Å². The maximum atomic E-state index is 12.3. The molecule has 27 heavy (non-hydrogen) atoms. The maximum Gasteiger partial charge on any atom is 0.275 e. The average Bonchev–Trinajstić information content (AvgIpc) is 2.70. The Bertz CT molecular complexity index is 963. The van der Waals surface area contributed by atoms with Crippen LogP contribution < -0.4 is 15.4 Å². The number of ether oxygens (including phenoxy) is 1. The highest BCUT2D eigenvalue weighted by Crippen LogP contribution is 2.17. The number of nitriles is 1. The second-order valence-corrected chi connectivity index (χ2v) is 5.52. The summed E-state index contributed by atoms with van der Waals surface area (Å²) in [5.74, 6) is 0.860. The van der Waals surface area contributed by atoms with Crippen molar-refractivity contribution in [3.05, 3.63) is 72.2 Å². The number of carbonyl (C=O) groups excluding carboxylic acids is 1. The summed E-state index contributed by atoms with van der Waals surface area (Å²) in [6.45, 7) is 2.50. The first-order chi connectivity index (χ1) is 13.2. The van der Waals surface area contributed by atoms with Crippen LogP contribution >= 0.6 is 0 Å². The number of anilines is 3. The lowest BCUT2D eigenvalue weighted by Gasteiger charge is -2.08. The van der Waals surface area contributed by atoms with Crippen LogP contribution in [0.1, 0.15) is 23.0 Å². The molecule has 0 radical (unpaired) electrons. The van der Waals surface area contributed by atoms with Gasteiger partial charge in [-0.1, -0.05) is 6.07 Å². The van der Waals surface area contributed by atoms with Crippen LogP contribution in [0, 0.1) is 11.3 Å². The van der Waals surface area contributed by atoms with E-state index >= 15 is 0 Å². The Balaban J connectivity index is 1.63. The fraction of sp³-hybridized carbons (Fsp3) is 0.100. The van der Waals surface area contributed by atoms with Gasteiger partial charge in [-0.05, 0) is 49.4 Å². The van der Waals surface area contributed by atoms with Crippen molar-refractivity contribution in [1.29, 1.82) is 5.26 Å². The number of amides is 1. The van der Waals surface area contributed by atoms with Crippen LogP contribution in [-0.4, -0.2) is 22.5 Å². The fourth-order valence-electron chi connectivity index (χ4n) is 2.32. The van der Waals surface area contributed by atoms with E-state index in [2.05, 4.69) is 26.7 Å². The van der Waals surface area contributed by atoms with Gasteiger partial charge >= 0.3 is 0 Å². The molecule has 0 saturated carbocycles. The molecule has 7 heteroatoms. The van der Waals surface area contributed by atoms with Crippen molar-refractivity contribution in [1.82, 2.24) is 9.97 Å². The molecule has 0 spiro atoms. The molecule has 0 unspecified atom stereocenters. The quantitative estimate of drug-likeness (QED) is 0.695. The predicted octanol–water partition coefficient (Wildman–Crippen LogP) is 3.74. The number of benzene rings is 2. The molecule has 2 aromatic carbocycles. The van der Waals surface area contributed by atoms with E-state index in [0.717, 1.165) is 11.4 Å². The Hall–Kier alpha value is -3.92. The second kappa shape index (κ2) is 8.45. The van der Waals surface area contributed by atoms with E-state index in [0.29, 0.717) is 23.7 Å². The summed E-state index contributed by atoms with van der Waals surface area (Å²) in [5, 5.41) is 14.7. The van der Waals surface area contributed by atoms with Crippen molar-refractivity contribution >= 4 is 23.1 Å². The Morgan fingerprint density at radius 1 is 1.11 bits per heavy atom. The number of carbonyl (C=O) groups is 1. The standard InChI is InChI=1S/C20H17N5O2/c1-2-27-17-8-6-15(7-9-17)25-20(26)18-12-23-19(13-22-18)24-16-5-3-4-14(10-16)11-21/h3-10,12-13H,2H2,1H3,(H,23,24)(H,25,26). The molecule has 0 aliphatic rings. The lowest BCUT2D eigenvalue weighted by molar-refractivity contribution is 0.102. The average molecular weight is 359 g/mol. The summed E-state index contributed by atoms with van der Waals surface area (Å²) in [7, 11) is 0. The molecule has 134 valence electrons. The summed E-state index contributed by atoms with van der Waals surface area (Å²) in [6.07, 6.45) is 2.85. The largest absolute Gasteiger partial charge is 0.494 e. The predicted molar refractivity (Wildman–Crippen MR) is 102 cm³/mol. The molecule has 1 heterocycles. The number of aromatic nitrogens is 2. The SMILES string of the molecule is CCOc1ccc(NC(=O)c2cnc(Nc3cccc(C#N)c3)cn2)cc1. The highest BCUT2D eigenvalue weighted by molar-refractivity contribution is 6.02. The molecule has 0 fully saturated rings. The zero-order valence-electron chi connectivity index (χ0n) is 14.6. The van der Waals surface area contributed by atoms with Gasteiger partial charge in [0.25, 0.3) is 5.91 Å². The van der Waals surface area contributed by atoms with E-state index in [4.69, 9.17) is 10.00 Å². The molecule has 1 aromatic heterocycles. The van der Waals surface area contributed by atoms with Crippen LogP contribution in [0.4, 0.5) is 17.2 Å². The van der Waals surface area contributed by atoms with E-state index in [9.17, 15) is 4.79 Å². The molecule has 0 aliphatic carbocycles. The topological polar surface area (TPSA) is 99.9 Å². The third-order valence-corrected chi connectivity index (χ3v) is 3.57. The molecular formula is C20H17N5O2. The molecule has 0 atom stereocenters. The zero-order valence-corrected chi connectivity index (χ0v) is 14.6. The molecule has 3 aromatic rings. The Labute approximate surface area is 156 Å². The molecule has 0 aliphatic heterocycles. The molecule has 3 rings (SSSR count). The van der Waals surface area contributed by atoms with E-state index in [1.165, 1.54) is 12.4 Å². The minimum absolute atomic E-state index is 0.195. The summed E-state index contributed by atoms with van der Waals surface area (Å²) < 4.78 is 5.37. The van der Waals surface area contributed by atoms with Crippen LogP contribution in [0.25, 0.3) is 0 Å². The Kier molecular flexibility index (Phi) is 5.60. The van der Waals surface area contributed by atoms with Crippen LogP contribution in [0.2, 0.25) is 0 Å². The van der Waals surface area contributed by atoms with E-state index in [1.807, 2.05) is 13.0 Å². The molecule has 1 amide bonds. The van der Waals surface area contributed by atoms with E-state index < -0.39 is 0 Å². The number of nitrogens with one attached hydrogen (secondary N) is 2. The van der Waals surface area contributed by atoms with E-state index in [-0.39, 0.29) is 11.6 Å². The number of hydrogen-bond donors (Lipinski definition) is 2. The van der Waals surface area contributed by atoms with Gasteiger partial charge in [-0.25, -0.2) is 9.97 Å². The smallest absolute Gasteiger partial charge is 0.275 e. The summed E-state index contributed by atoms with van der Waals surface area (Å²) in [4.78, 5) is 20.6. The monoisotopic (exact) mass is 359 g/mol. The second-order valence-electron chi connectivity index (χ2n) is 5.52. The van der Waals surface area contributed by atoms with Gasteiger partial charge in [0.15, 0.2) is 0 Å². The van der Waals surface area contributed by atoms with Gasteiger partial charge in [-0.2, -0.15) is 5.26 Å². The van der Waals surface area contributed by atoms with Crippen molar-refractivity contribution in [2.24, 2.45) is 0 Å². The molecule has 7 nitrogen and oxygen atoms in total. The first-order valence-electron chi connectivity index (χ1n) is 8.31. The number of hydrogen-bond acceptors (Lipinski definition) is 6. The minimum Gasteiger partial charge on any atom is -0.494 e. The third kappa shape index (κ3) is 4.80. The maximum absolute atomic E-state index is 12.3. The molecular weight excluding hydrogens is 342 g/mol. The minimum atomic E-state index is -0.357. The van der Waals surface area contributed by atoms with Crippen molar-refractivity contribution < 1.29 is 9.53 Å². The van der Waals surface area contributed by atoms with Crippen LogP contribution in [-0.2, 0) is 0 Å². The summed E-state index contributed by atoms with van der Waals surface area (Å²) >= 11 is 0. The summed E-state index contributed by atoms with van der Waals surface area (Å²) in [5.41, 5.74) is 2.09. The highest BCUT2D eigenvalue weighted by Gasteiger charge is 2.09. The zero-order chi connectivity index (χ0) is 19.1. The van der Waals surface area contributed by atoms with Crippen LogP contribution in [0.3, 0.4) is 0 Å². The van der Waals surface area contributed by atoms with Gasteiger partial charge in [0, 0.05) is 11.4 Å². The Morgan fingerprint density at radius 2 is 1.93 bits per heavy atom. The van der Waals surface area contributed by atoms with Gasteiger partial charge in [0.05, 0.1) is 30.6 Å². The number of nitrogens with zero attached hydrogens (tertiary/aromatic N) is 3. The lowest BCUT2D eigenvalue weighted by Crippen LogP contribution is -2.14. The van der Waals surface area contributed by atoms with Crippen LogP contribution in [0.5, 0.6) is 5.75 Å². The first-order valence-corrected chi connectivity index (χ1v) is 8.31. The molecule has 2 N–H and O–H groups in total. The molecule has 0 saturated heterocycles. The lowest BCUT2D eigenvalue weighted by atomic mass is 10.2. The highest BCUT2D eigenvalue weighted by atomic mass is 16.5. The van der Waals surface area contributed by atoms with Gasteiger partial charge < -0.3 is 15.4 Å². The van der Waals surface area contributed by atoms with Gasteiger partial charge in [0.2, 0.25) is 0 Å². The fourth-order valence-corrected chi connectivity index (χ4v) is 2.32. The Morgan fingerprint density at radius 3 is 2.59 bits per heavy atom. The first kappa shape index (κ1) is 17.9. The molecule has 0 bridgehead atoms. The van der Waals surface area contributed by atoms with Gasteiger partial charge in [-0.15, -0.1) is 0 Å². The normalized spacial score (nSPS) is 9.93. The van der Waals surface area contributed by atoms with Crippen molar-refractivity contribution in [3.8, 4) is 11.8 Å². The van der Waals surface area contributed by atoms with E-state index in [1.54, 1.807) is 42.5 Å². The van der Waals surface area contributed by atoms with Crippen molar-refractivity contribution in [3.63, 3.8) is 0 Å². The van der Waals surface area contributed by atoms with Gasteiger partial charge in [-0.3, -0.25) is 4.79 Å². The third-order valence-electron chi connectivity index (χ3n) is 3.57.